The fourth-order valence-electron chi connectivity index (χ4n) is 2.17. The van der Waals surface area contributed by atoms with Crippen molar-refractivity contribution in [1.82, 2.24) is 4.98 Å². The number of carboxylic acids is 1. The molecule has 0 saturated carbocycles. The SMILES string of the molecule is Cc1c(Cl)cccc1-c1cncc(C(C)CC(=O)O)c1. The lowest BCUT2D eigenvalue weighted by molar-refractivity contribution is -0.137. The summed E-state index contributed by atoms with van der Waals surface area (Å²) in [7, 11) is 0. The zero-order valence-corrected chi connectivity index (χ0v) is 12.2. The highest BCUT2D eigenvalue weighted by Crippen LogP contribution is 2.30. The second kappa shape index (κ2) is 6.06. The third-order valence-corrected chi connectivity index (χ3v) is 3.80. The molecule has 0 aliphatic heterocycles. The standard InChI is InChI=1S/C16H16ClNO2/c1-10(6-16(19)20)12-7-13(9-18-8-12)14-4-3-5-15(17)11(14)2/h3-5,7-10H,6H2,1-2H3,(H,19,20). The summed E-state index contributed by atoms with van der Waals surface area (Å²) in [4.78, 5) is 15.0. The van der Waals surface area contributed by atoms with Crippen LogP contribution in [0, 0.1) is 6.92 Å². The minimum atomic E-state index is -0.804. The van der Waals surface area contributed by atoms with E-state index in [-0.39, 0.29) is 12.3 Å². The molecule has 2 rings (SSSR count). The van der Waals surface area contributed by atoms with Crippen molar-refractivity contribution in [1.29, 1.82) is 0 Å². The van der Waals surface area contributed by atoms with Gasteiger partial charge in [0.05, 0.1) is 6.42 Å². The lowest BCUT2D eigenvalue weighted by Gasteiger charge is -2.12. The van der Waals surface area contributed by atoms with Crippen molar-refractivity contribution in [2.45, 2.75) is 26.2 Å². The second-order valence-electron chi connectivity index (χ2n) is 4.92. The van der Waals surface area contributed by atoms with Crippen molar-refractivity contribution in [3.05, 3.63) is 52.8 Å². The van der Waals surface area contributed by atoms with E-state index in [9.17, 15) is 4.79 Å². The first-order valence-electron chi connectivity index (χ1n) is 6.41. The van der Waals surface area contributed by atoms with Gasteiger partial charge < -0.3 is 5.11 Å². The van der Waals surface area contributed by atoms with Gasteiger partial charge in [0.2, 0.25) is 0 Å². The van der Waals surface area contributed by atoms with Gasteiger partial charge in [-0.15, -0.1) is 0 Å². The van der Waals surface area contributed by atoms with Gasteiger partial charge in [0, 0.05) is 23.0 Å². The quantitative estimate of drug-likeness (QED) is 0.913. The maximum Gasteiger partial charge on any atom is 0.303 e. The Labute approximate surface area is 123 Å². The highest BCUT2D eigenvalue weighted by molar-refractivity contribution is 6.31. The predicted octanol–water partition coefficient (Wildman–Crippen LogP) is 4.29. The number of nitrogens with zero attached hydrogens (tertiary/aromatic N) is 1. The lowest BCUT2D eigenvalue weighted by atomic mass is 9.95. The van der Waals surface area contributed by atoms with Gasteiger partial charge in [-0.3, -0.25) is 9.78 Å². The molecule has 3 nitrogen and oxygen atoms in total. The number of benzene rings is 1. The summed E-state index contributed by atoms with van der Waals surface area (Å²) in [5.74, 6) is -0.874. The molecule has 1 aromatic heterocycles. The highest BCUT2D eigenvalue weighted by Gasteiger charge is 2.12. The van der Waals surface area contributed by atoms with Gasteiger partial charge in [-0.25, -0.2) is 0 Å². The van der Waals surface area contributed by atoms with Crippen LogP contribution >= 0.6 is 11.6 Å². The number of hydrogen-bond acceptors (Lipinski definition) is 2. The molecule has 0 bridgehead atoms. The van der Waals surface area contributed by atoms with E-state index < -0.39 is 5.97 Å². The highest BCUT2D eigenvalue weighted by atomic mass is 35.5. The van der Waals surface area contributed by atoms with Crippen molar-refractivity contribution in [3.8, 4) is 11.1 Å². The Hall–Kier alpha value is -1.87. The number of halogens is 1. The monoisotopic (exact) mass is 289 g/mol. The van der Waals surface area contributed by atoms with E-state index in [1.54, 1.807) is 12.4 Å². The Bertz CT molecular complexity index is 640. The molecule has 0 aliphatic rings. The molecule has 4 heteroatoms. The Morgan fingerprint density at radius 1 is 1.40 bits per heavy atom. The van der Waals surface area contributed by atoms with Crippen LogP contribution in [0.15, 0.2) is 36.7 Å². The van der Waals surface area contributed by atoms with Crippen LogP contribution in [-0.2, 0) is 4.79 Å². The number of carboxylic acid groups (broad SMARTS) is 1. The zero-order chi connectivity index (χ0) is 14.7. The van der Waals surface area contributed by atoms with Gasteiger partial charge in [-0.05, 0) is 41.7 Å². The average molecular weight is 290 g/mol. The summed E-state index contributed by atoms with van der Waals surface area (Å²) >= 11 is 6.14. The molecule has 0 aliphatic carbocycles. The molecule has 20 heavy (non-hydrogen) atoms. The molecule has 1 aromatic carbocycles. The Kier molecular flexibility index (Phi) is 4.40. The van der Waals surface area contributed by atoms with E-state index in [4.69, 9.17) is 16.7 Å². The van der Waals surface area contributed by atoms with Gasteiger partial charge in [0.25, 0.3) is 0 Å². The molecule has 1 unspecified atom stereocenters. The van der Waals surface area contributed by atoms with E-state index in [0.29, 0.717) is 5.02 Å². The molecule has 1 heterocycles. The summed E-state index contributed by atoms with van der Waals surface area (Å²) in [5, 5.41) is 9.59. The fraction of sp³-hybridized carbons (Fsp3) is 0.250. The number of pyridine rings is 1. The molecule has 0 radical (unpaired) electrons. The molecular formula is C16H16ClNO2. The van der Waals surface area contributed by atoms with Crippen molar-refractivity contribution in [2.75, 3.05) is 0 Å². The van der Waals surface area contributed by atoms with Crippen LogP contribution < -0.4 is 0 Å². The van der Waals surface area contributed by atoms with E-state index in [1.165, 1.54) is 0 Å². The van der Waals surface area contributed by atoms with Gasteiger partial charge in [-0.1, -0.05) is 30.7 Å². The Balaban J connectivity index is 2.39. The molecule has 1 N–H and O–H groups in total. The van der Waals surface area contributed by atoms with Crippen LogP contribution in [0.4, 0.5) is 0 Å². The molecule has 2 aromatic rings. The minimum absolute atomic E-state index is 0.0700. The van der Waals surface area contributed by atoms with E-state index in [1.807, 2.05) is 38.1 Å². The summed E-state index contributed by atoms with van der Waals surface area (Å²) in [6.07, 6.45) is 3.59. The van der Waals surface area contributed by atoms with Crippen molar-refractivity contribution >= 4 is 17.6 Å². The minimum Gasteiger partial charge on any atom is -0.481 e. The first-order chi connectivity index (χ1) is 9.49. The van der Waals surface area contributed by atoms with Crippen LogP contribution in [0.3, 0.4) is 0 Å². The van der Waals surface area contributed by atoms with Crippen molar-refractivity contribution < 1.29 is 9.90 Å². The van der Waals surface area contributed by atoms with Gasteiger partial charge in [0.1, 0.15) is 0 Å². The summed E-state index contributed by atoms with van der Waals surface area (Å²) in [5.41, 5.74) is 3.90. The number of carbonyl (C=O) groups is 1. The molecular weight excluding hydrogens is 274 g/mol. The molecule has 104 valence electrons. The molecule has 0 fully saturated rings. The fourth-order valence-corrected chi connectivity index (χ4v) is 2.35. The maximum absolute atomic E-state index is 10.8. The van der Waals surface area contributed by atoms with Crippen LogP contribution in [0.25, 0.3) is 11.1 Å². The van der Waals surface area contributed by atoms with Gasteiger partial charge >= 0.3 is 5.97 Å². The zero-order valence-electron chi connectivity index (χ0n) is 11.4. The van der Waals surface area contributed by atoms with Crippen molar-refractivity contribution in [2.24, 2.45) is 0 Å². The average Bonchev–Trinajstić information content (AvgIpc) is 2.41. The molecule has 1 atom stereocenters. The van der Waals surface area contributed by atoms with Crippen LogP contribution in [0.5, 0.6) is 0 Å². The summed E-state index contributed by atoms with van der Waals surface area (Å²) in [6.45, 7) is 3.85. The van der Waals surface area contributed by atoms with Crippen LogP contribution in [0.1, 0.15) is 30.4 Å². The first kappa shape index (κ1) is 14.5. The number of aromatic nitrogens is 1. The molecule has 0 spiro atoms. The predicted molar refractivity (Wildman–Crippen MR) is 80.1 cm³/mol. The largest absolute Gasteiger partial charge is 0.481 e. The maximum atomic E-state index is 10.8. The summed E-state index contributed by atoms with van der Waals surface area (Å²) in [6, 6.07) is 7.73. The molecule has 0 saturated heterocycles. The molecule has 0 amide bonds. The second-order valence-corrected chi connectivity index (χ2v) is 5.33. The number of aliphatic carboxylic acids is 1. The number of rotatable bonds is 4. The normalized spacial score (nSPS) is 12.2. The van der Waals surface area contributed by atoms with Crippen LogP contribution in [-0.4, -0.2) is 16.1 Å². The Morgan fingerprint density at radius 3 is 2.85 bits per heavy atom. The van der Waals surface area contributed by atoms with E-state index >= 15 is 0 Å². The third-order valence-electron chi connectivity index (χ3n) is 3.39. The third kappa shape index (κ3) is 3.17. The van der Waals surface area contributed by atoms with Gasteiger partial charge in [-0.2, -0.15) is 0 Å². The smallest absolute Gasteiger partial charge is 0.303 e. The van der Waals surface area contributed by atoms with E-state index in [2.05, 4.69) is 4.98 Å². The number of hydrogen-bond donors (Lipinski definition) is 1. The van der Waals surface area contributed by atoms with Crippen molar-refractivity contribution in [3.63, 3.8) is 0 Å². The van der Waals surface area contributed by atoms with Gasteiger partial charge in [0.15, 0.2) is 0 Å². The Morgan fingerprint density at radius 2 is 2.15 bits per heavy atom. The van der Waals surface area contributed by atoms with E-state index in [0.717, 1.165) is 22.3 Å². The van der Waals surface area contributed by atoms with Crippen LogP contribution in [0.2, 0.25) is 5.02 Å². The topological polar surface area (TPSA) is 50.2 Å². The first-order valence-corrected chi connectivity index (χ1v) is 6.79. The lowest BCUT2D eigenvalue weighted by Crippen LogP contribution is -2.03. The summed E-state index contributed by atoms with van der Waals surface area (Å²) < 4.78 is 0.